The first-order valence-corrected chi connectivity index (χ1v) is 7.18. The molecule has 0 saturated heterocycles. The number of ether oxygens (including phenoxy) is 1. The summed E-state index contributed by atoms with van der Waals surface area (Å²) >= 11 is 6.30. The minimum atomic E-state index is -0.137. The van der Waals surface area contributed by atoms with Crippen LogP contribution in [0, 0.1) is 0 Å². The fourth-order valence-corrected chi connectivity index (χ4v) is 2.42. The topological polar surface area (TPSA) is 59.6 Å². The van der Waals surface area contributed by atoms with E-state index < -0.39 is 0 Å². The van der Waals surface area contributed by atoms with E-state index in [4.69, 9.17) is 22.1 Å². The van der Waals surface area contributed by atoms with Crippen LogP contribution in [0.25, 0.3) is 0 Å². The summed E-state index contributed by atoms with van der Waals surface area (Å²) in [6.07, 6.45) is 0.640. The van der Waals surface area contributed by atoms with Crippen molar-refractivity contribution >= 4 is 17.4 Å². The van der Waals surface area contributed by atoms with Crippen LogP contribution in [-0.2, 0) is 0 Å². The lowest BCUT2D eigenvalue weighted by atomic mass is 10.1. The number of hydrogen-bond donors (Lipinski definition) is 2. The molecule has 0 aromatic heterocycles. The third-order valence-corrected chi connectivity index (χ3v) is 3.55. The number of nitrogens with one attached hydrogen (secondary N) is 1. The van der Waals surface area contributed by atoms with Crippen molar-refractivity contribution in [3.63, 3.8) is 0 Å². The van der Waals surface area contributed by atoms with Gasteiger partial charge in [-0.15, -0.1) is 0 Å². The van der Waals surface area contributed by atoms with Crippen molar-refractivity contribution in [3.8, 4) is 11.5 Å². The van der Waals surface area contributed by atoms with Gasteiger partial charge in [0.05, 0.1) is 10.9 Å². The lowest BCUT2D eigenvalue weighted by Gasteiger charge is -2.21. The number of halogens is 1. The Balaban J connectivity index is 1.81. The molecule has 5 heteroatoms. The summed E-state index contributed by atoms with van der Waals surface area (Å²) < 4.78 is 5.76. The first-order valence-electron chi connectivity index (χ1n) is 6.80. The number of amidine groups is 1. The molecule has 2 aromatic carbocycles. The molecule has 1 aliphatic heterocycles. The van der Waals surface area contributed by atoms with Crippen molar-refractivity contribution in [1.29, 1.82) is 0 Å². The van der Waals surface area contributed by atoms with Crippen LogP contribution in [0.4, 0.5) is 0 Å². The maximum absolute atomic E-state index is 6.30. The Morgan fingerprint density at radius 1 is 1.19 bits per heavy atom. The quantitative estimate of drug-likeness (QED) is 0.912. The molecule has 1 atom stereocenters. The molecule has 0 spiro atoms. The molecule has 4 nitrogen and oxygen atoms in total. The van der Waals surface area contributed by atoms with Gasteiger partial charge in [-0.3, -0.25) is 5.32 Å². The van der Waals surface area contributed by atoms with Gasteiger partial charge in [-0.2, -0.15) is 0 Å². The van der Waals surface area contributed by atoms with Crippen molar-refractivity contribution < 1.29 is 4.74 Å². The summed E-state index contributed by atoms with van der Waals surface area (Å²) in [5.74, 6) is 2.05. The zero-order valence-electron chi connectivity index (χ0n) is 11.4. The van der Waals surface area contributed by atoms with E-state index in [0.29, 0.717) is 16.6 Å². The molecule has 108 valence electrons. The number of aliphatic imine (C=N–C) groups is 1. The van der Waals surface area contributed by atoms with Crippen molar-refractivity contribution in [3.05, 3.63) is 59.1 Å². The molecule has 0 saturated carbocycles. The van der Waals surface area contributed by atoms with Crippen molar-refractivity contribution in [2.45, 2.75) is 12.6 Å². The molecule has 0 amide bonds. The molecule has 0 fully saturated rings. The predicted molar refractivity (Wildman–Crippen MR) is 85.0 cm³/mol. The summed E-state index contributed by atoms with van der Waals surface area (Å²) in [5, 5.41) is 3.85. The molecule has 1 aliphatic rings. The predicted octanol–water partition coefficient (Wildman–Crippen LogP) is 3.48. The molecular weight excluding hydrogens is 286 g/mol. The van der Waals surface area contributed by atoms with Gasteiger partial charge >= 0.3 is 0 Å². The van der Waals surface area contributed by atoms with Gasteiger partial charge in [0, 0.05) is 13.0 Å². The summed E-state index contributed by atoms with van der Waals surface area (Å²) in [6.45, 7) is 0.819. The van der Waals surface area contributed by atoms with Crippen molar-refractivity contribution in [1.82, 2.24) is 5.32 Å². The van der Waals surface area contributed by atoms with Crippen molar-refractivity contribution in [2.75, 3.05) is 6.54 Å². The highest BCUT2D eigenvalue weighted by molar-refractivity contribution is 6.32. The fourth-order valence-electron chi connectivity index (χ4n) is 2.19. The maximum Gasteiger partial charge on any atom is 0.146 e. The highest BCUT2D eigenvalue weighted by atomic mass is 35.5. The Kier molecular flexibility index (Phi) is 4.08. The average Bonchev–Trinajstić information content (AvgIpc) is 2.50. The van der Waals surface area contributed by atoms with E-state index in [1.54, 1.807) is 0 Å². The number of rotatable bonds is 3. The Labute approximate surface area is 128 Å². The van der Waals surface area contributed by atoms with E-state index in [9.17, 15) is 0 Å². The number of nitrogens with two attached hydrogens (primary N) is 1. The van der Waals surface area contributed by atoms with Gasteiger partial charge in [0.25, 0.3) is 0 Å². The first kappa shape index (κ1) is 13.9. The molecule has 0 radical (unpaired) electrons. The second-order valence-electron chi connectivity index (χ2n) is 4.83. The monoisotopic (exact) mass is 301 g/mol. The first-order chi connectivity index (χ1) is 10.2. The summed E-state index contributed by atoms with van der Waals surface area (Å²) in [4.78, 5) is 4.39. The Bertz CT molecular complexity index is 658. The molecule has 0 aliphatic carbocycles. The Morgan fingerprint density at radius 3 is 2.71 bits per heavy atom. The number of benzene rings is 2. The second-order valence-corrected chi connectivity index (χ2v) is 5.24. The zero-order chi connectivity index (χ0) is 14.7. The van der Waals surface area contributed by atoms with E-state index in [2.05, 4.69) is 10.3 Å². The molecule has 2 aromatic rings. The van der Waals surface area contributed by atoms with E-state index in [-0.39, 0.29) is 6.17 Å². The van der Waals surface area contributed by atoms with Crippen LogP contribution in [0.3, 0.4) is 0 Å². The van der Waals surface area contributed by atoms with Crippen molar-refractivity contribution in [2.24, 2.45) is 10.7 Å². The lowest BCUT2D eigenvalue weighted by Crippen LogP contribution is -2.32. The SMILES string of the molecule is NC1=NC(c2ccc(Oc3ccccc3)c(Cl)c2)NCC1. The highest BCUT2D eigenvalue weighted by Gasteiger charge is 2.16. The Morgan fingerprint density at radius 2 is 2.00 bits per heavy atom. The van der Waals surface area contributed by atoms with E-state index in [1.165, 1.54) is 0 Å². The van der Waals surface area contributed by atoms with Gasteiger partial charge in [0.1, 0.15) is 17.7 Å². The summed E-state index contributed by atoms with van der Waals surface area (Å²) in [7, 11) is 0. The standard InChI is InChI=1S/C16H16ClN3O/c17-13-10-11(16-19-9-8-15(18)20-16)6-7-14(13)21-12-4-2-1-3-5-12/h1-7,10,16,19H,8-9H2,(H2,18,20). The van der Waals surface area contributed by atoms with E-state index >= 15 is 0 Å². The van der Waals surface area contributed by atoms with Crippen LogP contribution in [0.15, 0.2) is 53.5 Å². The third-order valence-electron chi connectivity index (χ3n) is 3.26. The minimum absolute atomic E-state index is 0.137. The van der Waals surface area contributed by atoms with Crippen LogP contribution >= 0.6 is 11.6 Å². The van der Waals surface area contributed by atoms with Crippen LogP contribution in [0.5, 0.6) is 11.5 Å². The van der Waals surface area contributed by atoms with Crippen LogP contribution in [-0.4, -0.2) is 12.4 Å². The summed E-state index contributed by atoms with van der Waals surface area (Å²) in [6, 6.07) is 15.2. The van der Waals surface area contributed by atoms with Gasteiger partial charge in [0.2, 0.25) is 0 Å². The van der Waals surface area contributed by atoms with E-state index in [0.717, 1.165) is 24.3 Å². The van der Waals surface area contributed by atoms with Gasteiger partial charge < -0.3 is 10.5 Å². The molecule has 1 heterocycles. The Hall–Kier alpha value is -2.04. The zero-order valence-corrected chi connectivity index (χ0v) is 12.2. The molecule has 3 rings (SSSR count). The maximum atomic E-state index is 6.30. The van der Waals surface area contributed by atoms with Crippen LogP contribution in [0.1, 0.15) is 18.2 Å². The smallest absolute Gasteiger partial charge is 0.146 e. The largest absolute Gasteiger partial charge is 0.456 e. The van der Waals surface area contributed by atoms with Gasteiger partial charge in [0.15, 0.2) is 0 Å². The van der Waals surface area contributed by atoms with Gasteiger partial charge in [-0.25, -0.2) is 4.99 Å². The average molecular weight is 302 g/mol. The van der Waals surface area contributed by atoms with Gasteiger partial charge in [-0.1, -0.05) is 35.9 Å². The van der Waals surface area contributed by atoms with E-state index in [1.807, 2.05) is 48.5 Å². The molecule has 1 unspecified atom stereocenters. The van der Waals surface area contributed by atoms with Crippen LogP contribution in [0.2, 0.25) is 5.02 Å². The fraction of sp³-hybridized carbons (Fsp3) is 0.188. The normalized spacial score (nSPS) is 18.1. The highest BCUT2D eigenvalue weighted by Crippen LogP contribution is 2.32. The summed E-state index contributed by atoms with van der Waals surface area (Å²) in [5.41, 5.74) is 6.76. The molecular formula is C16H16ClN3O. The number of para-hydroxylation sites is 1. The molecule has 3 N–H and O–H groups in total. The minimum Gasteiger partial charge on any atom is -0.456 e. The van der Waals surface area contributed by atoms with Crippen LogP contribution < -0.4 is 15.8 Å². The molecule has 0 bridgehead atoms. The molecule has 21 heavy (non-hydrogen) atoms. The second kappa shape index (κ2) is 6.16. The van der Waals surface area contributed by atoms with Gasteiger partial charge in [-0.05, 0) is 29.8 Å². The lowest BCUT2D eigenvalue weighted by molar-refractivity contribution is 0.481. The number of nitrogens with zero attached hydrogens (tertiary/aromatic N) is 1. The number of hydrogen-bond acceptors (Lipinski definition) is 4. The third kappa shape index (κ3) is 3.35.